The minimum absolute atomic E-state index is 0.261. The molecule has 1 atom stereocenters. The third-order valence-corrected chi connectivity index (χ3v) is 3.43. The molecule has 2 aromatic rings. The summed E-state index contributed by atoms with van der Waals surface area (Å²) in [5.41, 5.74) is 1.38. The van der Waals surface area contributed by atoms with Crippen LogP contribution < -0.4 is 4.74 Å². The highest BCUT2D eigenvalue weighted by Crippen LogP contribution is 2.18. The third kappa shape index (κ3) is 4.02. The zero-order valence-electron chi connectivity index (χ0n) is 11.0. The second-order valence-corrected chi connectivity index (χ2v) is 5.42. The van der Waals surface area contributed by atoms with Crippen LogP contribution in [0.3, 0.4) is 0 Å². The number of benzene rings is 1. The summed E-state index contributed by atoms with van der Waals surface area (Å²) >= 11 is 3.30. The molecule has 106 valence electrons. The molecule has 2 rings (SSSR count). The van der Waals surface area contributed by atoms with Crippen molar-refractivity contribution < 1.29 is 14.2 Å². The molecular formula is C15H15BrFNO2. The molecule has 1 unspecified atom stereocenters. The highest BCUT2D eigenvalue weighted by Gasteiger charge is 2.11. The maximum atomic E-state index is 13.6. The zero-order chi connectivity index (χ0) is 14.5. The monoisotopic (exact) mass is 339 g/mol. The summed E-state index contributed by atoms with van der Waals surface area (Å²) in [6.45, 7) is 0. The number of pyridine rings is 1. The van der Waals surface area contributed by atoms with Gasteiger partial charge in [-0.2, -0.15) is 0 Å². The van der Waals surface area contributed by atoms with Gasteiger partial charge in [-0.25, -0.2) is 9.37 Å². The van der Waals surface area contributed by atoms with Crippen LogP contribution in [0.2, 0.25) is 0 Å². The normalized spacial score (nSPS) is 12.2. The number of rotatable bonds is 5. The minimum atomic E-state index is -0.658. The van der Waals surface area contributed by atoms with Crippen LogP contribution in [0.5, 0.6) is 5.88 Å². The van der Waals surface area contributed by atoms with Crippen LogP contribution in [0, 0.1) is 5.82 Å². The first kappa shape index (κ1) is 14.9. The Morgan fingerprint density at radius 2 is 2.10 bits per heavy atom. The van der Waals surface area contributed by atoms with E-state index in [-0.39, 0.29) is 12.2 Å². The Labute approximate surface area is 125 Å². The van der Waals surface area contributed by atoms with Crippen molar-refractivity contribution in [2.45, 2.75) is 18.9 Å². The van der Waals surface area contributed by atoms with Crippen molar-refractivity contribution in [3.05, 3.63) is 57.9 Å². The second-order valence-electron chi connectivity index (χ2n) is 4.51. The quantitative estimate of drug-likeness (QED) is 0.909. The SMILES string of the molecule is COc1ccc(CC(O)Cc2cc(Br)ccc2F)cn1. The van der Waals surface area contributed by atoms with E-state index in [1.807, 2.05) is 6.07 Å². The average Bonchev–Trinajstić information content (AvgIpc) is 2.43. The molecule has 0 radical (unpaired) electrons. The lowest BCUT2D eigenvalue weighted by molar-refractivity contribution is 0.174. The molecule has 0 saturated heterocycles. The van der Waals surface area contributed by atoms with Crippen molar-refractivity contribution in [1.82, 2.24) is 4.98 Å². The minimum Gasteiger partial charge on any atom is -0.481 e. The van der Waals surface area contributed by atoms with Gasteiger partial charge in [-0.05, 0) is 29.3 Å². The molecule has 1 aromatic carbocycles. The Bertz CT molecular complexity index is 575. The highest BCUT2D eigenvalue weighted by molar-refractivity contribution is 9.10. The lowest BCUT2D eigenvalue weighted by atomic mass is 10.0. The molecule has 0 fully saturated rings. The summed E-state index contributed by atoms with van der Waals surface area (Å²) in [4.78, 5) is 4.07. The van der Waals surface area contributed by atoms with Gasteiger partial charge >= 0.3 is 0 Å². The first-order chi connectivity index (χ1) is 9.58. The molecule has 20 heavy (non-hydrogen) atoms. The molecular weight excluding hydrogens is 325 g/mol. The number of nitrogens with zero attached hydrogens (tertiary/aromatic N) is 1. The van der Waals surface area contributed by atoms with Gasteiger partial charge in [-0.1, -0.05) is 22.0 Å². The molecule has 5 heteroatoms. The third-order valence-electron chi connectivity index (χ3n) is 2.94. The fourth-order valence-corrected chi connectivity index (χ4v) is 2.36. The topological polar surface area (TPSA) is 42.4 Å². The number of aromatic nitrogens is 1. The van der Waals surface area contributed by atoms with Gasteiger partial charge in [0, 0.05) is 29.6 Å². The van der Waals surface area contributed by atoms with Gasteiger partial charge in [0.2, 0.25) is 5.88 Å². The van der Waals surface area contributed by atoms with E-state index in [0.29, 0.717) is 17.9 Å². The van der Waals surface area contributed by atoms with E-state index in [1.54, 1.807) is 31.5 Å². The van der Waals surface area contributed by atoms with E-state index in [0.717, 1.165) is 10.0 Å². The van der Waals surface area contributed by atoms with E-state index in [2.05, 4.69) is 20.9 Å². The van der Waals surface area contributed by atoms with Crippen LogP contribution in [0.15, 0.2) is 41.0 Å². The van der Waals surface area contributed by atoms with Gasteiger partial charge in [0.25, 0.3) is 0 Å². The predicted octanol–water partition coefficient (Wildman–Crippen LogP) is 3.14. The fraction of sp³-hybridized carbons (Fsp3) is 0.267. The van der Waals surface area contributed by atoms with Gasteiger partial charge < -0.3 is 9.84 Å². The van der Waals surface area contributed by atoms with E-state index in [9.17, 15) is 9.50 Å². The molecule has 3 nitrogen and oxygen atoms in total. The van der Waals surface area contributed by atoms with E-state index < -0.39 is 6.10 Å². The highest BCUT2D eigenvalue weighted by atomic mass is 79.9. The van der Waals surface area contributed by atoms with Crippen molar-refractivity contribution in [3.63, 3.8) is 0 Å². The van der Waals surface area contributed by atoms with E-state index >= 15 is 0 Å². The Balaban J connectivity index is 2.00. The Kier molecular flexibility index (Phi) is 5.09. The van der Waals surface area contributed by atoms with Gasteiger partial charge in [0.15, 0.2) is 0 Å². The van der Waals surface area contributed by atoms with Crippen molar-refractivity contribution >= 4 is 15.9 Å². The summed E-state index contributed by atoms with van der Waals surface area (Å²) in [6, 6.07) is 8.29. The van der Waals surface area contributed by atoms with Gasteiger partial charge in [-0.3, -0.25) is 0 Å². The smallest absolute Gasteiger partial charge is 0.212 e. The van der Waals surface area contributed by atoms with Crippen LogP contribution in [0.1, 0.15) is 11.1 Å². The molecule has 1 N–H and O–H groups in total. The summed E-state index contributed by atoms with van der Waals surface area (Å²) in [5, 5.41) is 10.1. The lowest BCUT2D eigenvalue weighted by Crippen LogP contribution is -2.15. The van der Waals surface area contributed by atoms with Crippen molar-refractivity contribution in [2.75, 3.05) is 7.11 Å². The summed E-state index contributed by atoms with van der Waals surface area (Å²) in [7, 11) is 1.55. The second kappa shape index (κ2) is 6.81. The number of aliphatic hydroxyl groups is 1. The fourth-order valence-electron chi connectivity index (χ4n) is 1.95. The molecule has 0 saturated carbocycles. The molecule has 0 aliphatic rings. The molecule has 0 aliphatic carbocycles. The van der Waals surface area contributed by atoms with Crippen LogP contribution in [0.4, 0.5) is 4.39 Å². The number of ether oxygens (including phenoxy) is 1. The number of methoxy groups -OCH3 is 1. The molecule has 0 bridgehead atoms. The average molecular weight is 340 g/mol. The number of halogens is 2. The zero-order valence-corrected chi connectivity index (χ0v) is 12.6. The van der Waals surface area contributed by atoms with Crippen molar-refractivity contribution in [3.8, 4) is 5.88 Å². The number of aliphatic hydroxyl groups excluding tert-OH is 1. The first-order valence-corrected chi connectivity index (χ1v) is 6.98. The summed E-state index contributed by atoms with van der Waals surface area (Å²) < 4.78 is 19.4. The van der Waals surface area contributed by atoms with Crippen molar-refractivity contribution in [2.24, 2.45) is 0 Å². The standard InChI is InChI=1S/C15H15BrFNO2/c1-20-15-5-2-10(9-18-15)6-13(19)8-11-7-12(16)3-4-14(11)17/h2-5,7,9,13,19H,6,8H2,1H3. The Morgan fingerprint density at radius 3 is 2.75 bits per heavy atom. The number of hydrogen-bond acceptors (Lipinski definition) is 3. The molecule has 1 aromatic heterocycles. The maximum Gasteiger partial charge on any atom is 0.212 e. The van der Waals surface area contributed by atoms with Gasteiger partial charge in [-0.15, -0.1) is 0 Å². The number of hydrogen-bond donors (Lipinski definition) is 1. The van der Waals surface area contributed by atoms with Crippen LogP contribution >= 0.6 is 15.9 Å². The summed E-state index contributed by atoms with van der Waals surface area (Å²) in [5.74, 6) is 0.224. The largest absolute Gasteiger partial charge is 0.481 e. The van der Waals surface area contributed by atoms with Crippen LogP contribution in [-0.2, 0) is 12.8 Å². The van der Waals surface area contributed by atoms with Crippen LogP contribution in [0.25, 0.3) is 0 Å². The predicted molar refractivity (Wildman–Crippen MR) is 78.3 cm³/mol. The first-order valence-electron chi connectivity index (χ1n) is 6.19. The molecule has 0 spiro atoms. The molecule has 0 aliphatic heterocycles. The lowest BCUT2D eigenvalue weighted by Gasteiger charge is -2.12. The maximum absolute atomic E-state index is 13.6. The van der Waals surface area contributed by atoms with Gasteiger partial charge in [0.05, 0.1) is 13.2 Å². The molecule has 0 amide bonds. The van der Waals surface area contributed by atoms with E-state index in [4.69, 9.17) is 4.74 Å². The van der Waals surface area contributed by atoms with E-state index in [1.165, 1.54) is 6.07 Å². The molecule has 1 heterocycles. The Morgan fingerprint density at radius 1 is 1.30 bits per heavy atom. The van der Waals surface area contributed by atoms with Gasteiger partial charge in [0.1, 0.15) is 5.82 Å². The van der Waals surface area contributed by atoms with Crippen LogP contribution in [-0.4, -0.2) is 23.3 Å². The van der Waals surface area contributed by atoms with Crippen molar-refractivity contribution in [1.29, 1.82) is 0 Å². The summed E-state index contributed by atoms with van der Waals surface area (Å²) in [6.07, 6.45) is 1.67. The Hall–Kier alpha value is -1.46.